The number of benzene rings is 1. The van der Waals surface area contributed by atoms with Crippen molar-refractivity contribution >= 4 is 5.91 Å². The van der Waals surface area contributed by atoms with Gasteiger partial charge in [-0.05, 0) is 39.2 Å². The summed E-state index contributed by atoms with van der Waals surface area (Å²) in [4.78, 5) is 14.1. The van der Waals surface area contributed by atoms with Gasteiger partial charge in [-0.1, -0.05) is 17.9 Å². The fraction of sp³-hybridized carbons (Fsp3) is 0.400. The first-order valence-electron chi connectivity index (χ1n) is 6.28. The molecule has 1 unspecified atom stereocenters. The van der Waals surface area contributed by atoms with E-state index in [4.69, 9.17) is 5.73 Å². The Labute approximate surface area is 115 Å². The van der Waals surface area contributed by atoms with Gasteiger partial charge in [-0.3, -0.25) is 4.79 Å². The average Bonchev–Trinajstić information content (AvgIpc) is 2.42. The maximum Gasteiger partial charge on any atom is 0.251 e. The van der Waals surface area contributed by atoms with E-state index in [-0.39, 0.29) is 5.91 Å². The summed E-state index contributed by atoms with van der Waals surface area (Å²) >= 11 is 0. The molecule has 4 heteroatoms. The molecule has 1 aromatic rings. The van der Waals surface area contributed by atoms with Gasteiger partial charge < -0.3 is 16.0 Å². The minimum absolute atomic E-state index is 0.0786. The zero-order valence-electron chi connectivity index (χ0n) is 11.7. The quantitative estimate of drug-likeness (QED) is 0.782. The van der Waals surface area contributed by atoms with Crippen LogP contribution < -0.4 is 11.1 Å². The molecule has 0 aliphatic heterocycles. The Kier molecular flexibility index (Phi) is 6.07. The predicted molar refractivity (Wildman–Crippen MR) is 77.9 cm³/mol. The lowest BCUT2D eigenvalue weighted by atomic mass is 10.1. The molecule has 3 N–H and O–H groups in total. The van der Waals surface area contributed by atoms with Crippen LogP contribution in [0.15, 0.2) is 24.3 Å². The van der Waals surface area contributed by atoms with Crippen LogP contribution in [0.3, 0.4) is 0 Å². The fourth-order valence-corrected chi connectivity index (χ4v) is 1.42. The Morgan fingerprint density at radius 2 is 2.21 bits per heavy atom. The zero-order chi connectivity index (χ0) is 14.3. The molecule has 1 amide bonds. The van der Waals surface area contributed by atoms with Crippen LogP contribution in [0.4, 0.5) is 0 Å². The van der Waals surface area contributed by atoms with Gasteiger partial charge in [-0.15, -0.1) is 0 Å². The monoisotopic (exact) mass is 259 g/mol. The summed E-state index contributed by atoms with van der Waals surface area (Å²) in [7, 11) is 3.97. The summed E-state index contributed by atoms with van der Waals surface area (Å²) < 4.78 is 0. The maximum absolute atomic E-state index is 12.0. The van der Waals surface area contributed by atoms with Crippen molar-refractivity contribution in [3.63, 3.8) is 0 Å². The molecule has 1 aromatic carbocycles. The molecule has 0 aromatic heterocycles. The van der Waals surface area contributed by atoms with Crippen molar-refractivity contribution < 1.29 is 4.79 Å². The van der Waals surface area contributed by atoms with Crippen molar-refractivity contribution in [2.75, 3.05) is 27.2 Å². The molecule has 102 valence electrons. The van der Waals surface area contributed by atoms with Gasteiger partial charge in [-0.25, -0.2) is 0 Å². The lowest BCUT2D eigenvalue weighted by molar-refractivity contribution is 0.0943. The molecule has 0 spiro atoms. The lowest BCUT2D eigenvalue weighted by Gasteiger charge is -2.19. The maximum atomic E-state index is 12.0. The van der Waals surface area contributed by atoms with Gasteiger partial charge in [0, 0.05) is 23.7 Å². The molecule has 4 nitrogen and oxygen atoms in total. The Bertz CT molecular complexity index is 486. The number of hydrogen-bond donors (Lipinski definition) is 2. The zero-order valence-corrected chi connectivity index (χ0v) is 11.7. The normalized spacial score (nSPS) is 11.6. The SMILES string of the molecule is CC(CNC(=O)c1cccc(C#CCN)c1)N(C)C. The van der Waals surface area contributed by atoms with Crippen molar-refractivity contribution in [1.29, 1.82) is 0 Å². The first kappa shape index (κ1) is 15.2. The third-order valence-electron chi connectivity index (χ3n) is 2.90. The van der Waals surface area contributed by atoms with Gasteiger partial charge >= 0.3 is 0 Å². The smallest absolute Gasteiger partial charge is 0.251 e. The molecule has 1 rings (SSSR count). The van der Waals surface area contributed by atoms with E-state index in [9.17, 15) is 4.79 Å². The average molecular weight is 259 g/mol. The first-order valence-corrected chi connectivity index (χ1v) is 6.28. The third kappa shape index (κ3) is 5.12. The van der Waals surface area contributed by atoms with E-state index < -0.39 is 0 Å². The summed E-state index contributed by atoms with van der Waals surface area (Å²) in [6, 6.07) is 7.54. The van der Waals surface area contributed by atoms with Crippen molar-refractivity contribution in [3.8, 4) is 11.8 Å². The molecule has 0 heterocycles. The number of carbonyl (C=O) groups excluding carboxylic acids is 1. The Hall–Kier alpha value is -1.83. The van der Waals surface area contributed by atoms with Gasteiger partial charge in [-0.2, -0.15) is 0 Å². The van der Waals surface area contributed by atoms with Crippen molar-refractivity contribution in [1.82, 2.24) is 10.2 Å². The van der Waals surface area contributed by atoms with Crippen molar-refractivity contribution in [3.05, 3.63) is 35.4 Å². The molecule has 0 bridgehead atoms. The van der Waals surface area contributed by atoms with E-state index in [0.717, 1.165) is 5.56 Å². The minimum atomic E-state index is -0.0786. The predicted octanol–water partition coefficient (Wildman–Crippen LogP) is 0.677. The first-order chi connectivity index (χ1) is 9.04. The highest BCUT2D eigenvalue weighted by Gasteiger charge is 2.09. The van der Waals surface area contributed by atoms with Gasteiger partial charge in [0.2, 0.25) is 0 Å². The van der Waals surface area contributed by atoms with Crippen LogP contribution in [0.25, 0.3) is 0 Å². The van der Waals surface area contributed by atoms with Crippen LogP contribution in [-0.2, 0) is 0 Å². The number of rotatable bonds is 4. The summed E-state index contributed by atoms with van der Waals surface area (Å²) in [6.07, 6.45) is 0. The fourth-order valence-electron chi connectivity index (χ4n) is 1.42. The number of nitrogens with zero attached hydrogens (tertiary/aromatic N) is 1. The highest BCUT2D eigenvalue weighted by molar-refractivity contribution is 5.94. The Morgan fingerprint density at radius 1 is 1.47 bits per heavy atom. The van der Waals surface area contributed by atoms with Crippen LogP contribution in [0.1, 0.15) is 22.8 Å². The topological polar surface area (TPSA) is 58.4 Å². The molecule has 0 radical (unpaired) electrons. The Morgan fingerprint density at radius 3 is 2.84 bits per heavy atom. The molecule has 0 fully saturated rings. The number of nitrogens with two attached hydrogens (primary N) is 1. The molecule has 1 atom stereocenters. The molecule has 0 aliphatic carbocycles. The minimum Gasteiger partial charge on any atom is -0.350 e. The van der Waals surface area contributed by atoms with Gasteiger partial charge in [0.05, 0.1) is 6.54 Å². The lowest BCUT2D eigenvalue weighted by Crippen LogP contribution is -2.38. The number of amides is 1. The molecular formula is C15H21N3O. The number of nitrogens with one attached hydrogen (secondary N) is 1. The molecular weight excluding hydrogens is 238 g/mol. The van der Waals surface area contributed by atoms with E-state index in [1.165, 1.54) is 0 Å². The second-order valence-electron chi connectivity index (χ2n) is 4.61. The highest BCUT2D eigenvalue weighted by atomic mass is 16.1. The summed E-state index contributed by atoms with van der Waals surface area (Å²) in [6.45, 7) is 2.99. The van der Waals surface area contributed by atoms with Crippen LogP contribution in [0, 0.1) is 11.8 Å². The summed E-state index contributed by atoms with van der Waals surface area (Å²) in [5.41, 5.74) is 6.75. The standard InChI is InChI=1S/C15H21N3O/c1-12(18(2)3)11-17-15(19)14-8-4-6-13(10-14)7-5-9-16/h4,6,8,10,12H,9,11,16H2,1-3H3,(H,17,19). The Balaban J connectivity index is 2.67. The van der Waals surface area contributed by atoms with E-state index in [1.54, 1.807) is 12.1 Å². The van der Waals surface area contributed by atoms with Gasteiger partial charge in [0.25, 0.3) is 5.91 Å². The summed E-state index contributed by atoms with van der Waals surface area (Å²) in [5, 5.41) is 2.91. The van der Waals surface area contributed by atoms with Crippen molar-refractivity contribution in [2.24, 2.45) is 5.73 Å². The second kappa shape index (κ2) is 7.57. The van der Waals surface area contributed by atoms with Crippen LogP contribution in [0.5, 0.6) is 0 Å². The van der Waals surface area contributed by atoms with E-state index in [2.05, 4.69) is 29.0 Å². The number of carbonyl (C=O) groups is 1. The third-order valence-corrected chi connectivity index (χ3v) is 2.90. The van der Waals surface area contributed by atoms with Crippen LogP contribution in [0.2, 0.25) is 0 Å². The largest absolute Gasteiger partial charge is 0.350 e. The van der Waals surface area contributed by atoms with E-state index in [0.29, 0.717) is 24.7 Å². The molecule has 0 saturated carbocycles. The highest BCUT2D eigenvalue weighted by Crippen LogP contribution is 2.04. The van der Waals surface area contributed by atoms with E-state index in [1.807, 2.05) is 26.2 Å². The molecule has 19 heavy (non-hydrogen) atoms. The molecule has 0 saturated heterocycles. The van der Waals surface area contributed by atoms with E-state index >= 15 is 0 Å². The van der Waals surface area contributed by atoms with Gasteiger partial charge in [0.15, 0.2) is 0 Å². The van der Waals surface area contributed by atoms with Crippen LogP contribution >= 0.6 is 0 Å². The van der Waals surface area contributed by atoms with Crippen LogP contribution in [-0.4, -0.2) is 44.0 Å². The second-order valence-corrected chi connectivity index (χ2v) is 4.61. The molecule has 0 aliphatic rings. The number of likely N-dealkylation sites (N-methyl/N-ethyl adjacent to an activating group) is 1. The van der Waals surface area contributed by atoms with Gasteiger partial charge in [0.1, 0.15) is 0 Å². The number of hydrogen-bond acceptors (Lipinski definition) is 3. The van der Waals surface area contributed by atoms with Crippen molar-refractivity contribution in [2.45, 2.75) is 13.0 Å². The summed E-state index contributed by atoms with van der Waals surface area (Å²) in [5.74, 6) is 5.62.